The Hall–Kier alpha value is -2.98. The van der Waals surface area contributed by atoms with Crippen molar-refractivity contribution in [3.63, 3.8) is 0 Å². The van der Waals surface area contributed by atoms with Gasteiger partial charge in [-0.1, -0.05) is 42.5 Å². The number of benzene rings is 2. The van der Waals surface area contributed by atoms with Gasteiger partial charge in [-0.2, -0.15) is 18.4 Å². The molecule has 0 saturated carbocycles. The largest absolute Gasteiger partial charge is 0.417 e. The fraction of sp³-hybridized carbons (Fsp3) is 0.143. The summed E-state index contributed by atoms with van der Waals surface area (Å²) in [5.74, 6) is 0. The van der Waals surface area contributed by atoms with Crippen molar-refractivity contribution in [1.29, 1.82) is 5.26 Å². The first kappa shape index (κ1) is 19.8. The number of pyridine rings is 1. The fourth-order valence-corrected chi connectivity index (χ4v) is 3.30. The van der Waals surface area contributed by atoms with Crippen molar-refractivity contribution in [3.05, 3.63) is 87.7 Å². The minimum absolute atomic E-state index is 0.0601. The second kappa shape index (κ2) is 7.95. The average Bonchev–Trinajstić information content (AvgIpc) is 2.69. The highest BCUT2D eigenvalue weighted by molar-refractivity contribution is 7.98. The number of hydrogen-bond acceptors (Lipinski definition) is 3. The second-order valence-corrected chi connectivity index (χ2v) is 6.91. The molecule has 0 radical (unpaired) electrons. The molecule has 0 fully saturated rings. The Kier molecular flexibility index (Phi) is 5.61. The number of rotatable bonds is 4. The molecule has 0 aliphatic heterocycles. The predicted octanol–water partition coefficient (Wildman–Crippen LogP) is 5.18. The molecule has 0 spiro atoms. The Balaban J connectivity index is 2.24. The van der Waals surface area contributed by atoms with Crippen molar-refractivity contribution < 1.29 is 13.2 Å². The van der Waals surface area contributed by atoms with Crippen LogP contribution in [0.4, 0.5) is 13.2 Å². The first-order valence-corrected chi connectivity index (χ1v) is 9.51. The van der Waals surface area contributed by atoms with Crippen molar-refractivity contribution in [3.8, 4) is 17.3 Å². The first-order chi connectivity index (χ1) is 13.3. The summed E-state index contributed by atoms with van der Waals surface area (Å²) in [6, 6.07) is 18.1. The molecule has 0 unspecified atom stereocenters. The Labute approximate surface area is 164 Å². The van der Waals surface area contributed by atoms with Gasteiger partial charge >= 0.3 is 6.18 Å². The molecule has 28 heavy (non-hydrogen) atoms. The van der Waals surface area contributed by atoms with E-state index in [1.807, 2.05) is 30.5 Å². The summed E-state index contributed by atoms with van der Waals surface area (Å²) in [7, 11) is 0. The maximum absolute atomic E-state index is 13.5. The van der Waals surface area contributed by atoms with Crippen LogP contribution in [0.1, 0.15) is 16.7 Å². The van der Waals surface area contributed by atoms with Gasteiger partial charge in [0.15, 0.2) is 0 Å². The number of aromatic nitrogens is 1. The zero-order valence-electron chi connectivity index (χ0n) is 14.8. The molecule has 0 atom stereocenters. The van der Waals surface area contributed by atoms with E-state index >= 15 is 0 Å². The number of nitrogens with zero attached hydrogens (tertiary/aromatic N) is 2. The van der Waals surface area contributed by atoms with Crippen molar-refractivity contribution in [1.82, 2.24) is 4.57 Å². The van der Waals surface area contributed by atoms with Crippen LogP contribution in [-0.2, 0) is 12.7 Å². The molecule has 0 aliphatic rings. The van der Waals surface area contributed by atoms with Crippen molar-refractivity contribution >= 4 is 11.8 Å². The minimum atomic E-state index is -4.80. The number of halogens is 3. The highest BCUT2D eigenvalue weighted by Crippen LogP contribution is 2.33. The van der Waals surface area contributed by atoms with E-state index in [0.29, 0.717) is 5.56 Å². The van der Waals surface area contributed by atoms with Crippen LogP contribution in [-0.4, -0.2) is 10.8 Å². The number of thioether (sulfide) groups is 1. The van der Waals surface area contributed by atoms with Gasteiger partial charge in [-0.15, -0.1) is 11.8 Å². The van der Waals surface area contributed by atoms with Crippen LogP contribution in [0.5, 0.6) is 0 Å². The second-order valence-electron chi connectivity index (χ2n) is 6.03. The third-order valence-electron chi connectivity index (χ3n) is 4.29. The molecule has 2 aromatic carbocycles. The van der Waals surface area contributed by atoms with Crippen LogP contribution in [0.3, 0.4) is 0 Å². The molecule has 0 saturated heterocycles. The number of alkyl halides is 3. The highest BCUT2D eigenvalue weighted by atomic mass is 32.2. The molecule has 7 heteroatoms. The Morgan fingerprint density at radius 1 is 1.07 bits per heavy atom. The quantitative estimate of drug-likeness (QED) is 0.567. The van der Waals surface area contributed by atoms with Gasteiger partial charge in [0.1, 0.15) is 11.6 Å². The third kappa shape index (κ3) is 3.97. The lowest BCUT2D eigenvalue weighted by atomic mass is 10.0. The van der Waals surface area contributed by atoms with Gasteiger partial charge in [-0.3, -0.25) is 4.79 Å². The molecule has 0 amide bonds. The van der Waals surface area contributed by atoms with Crippen molar-refractivity contribution in [2.45, 2.75) is 17.6 Å². The molecular weight excluding hydrogens is 385 g/mol. The lowest BCUT2D eigenvalue weighted by Gasteiger charge is -2.18. The topological polar surface area (TPSA) is 45.8 Å². The molecule has 0 bridgehead atoms. The van der Waals surface area contributed by atoms with Gasteiger partial charge in [0.2, 0.25) is 0 Å². The van der Waals surface area contributed by atoms with E-state index in [0.717, 1.165) is 16.5 Å². The van der Waals surface area contributed by atoms with Gasteiger partial charge in [-0.05, 0) is 35.6 Å². The van der Waals surface area contributed by atoms with Crippen molar-refractivity contribution in [2.75, 3.05) is 6.26 Å². The predicted molar refractivity (Wildman–Crippen MR) is 103 cm³/mol. The van der Waals surface area contributed by atoms with E-state index < -0.39 is 22.9 Å². The Morgan fingerprint density at radius 3 is 2.25 bits per heavy atom. The van der Waals surface area contributed by atoms with Gasteiger partial charge < -0.3 is 4.57 Å². The molecule has 0 N–H and O–H groups in total. The Bertz CT molecular complexity index is 1080. The third-order valence-corrected chi connectivity index (χ3v) is 5.03. The monoisotopic (exact) mass is 400 g/mol. The summed E-state index contributed by atoms with van der Waals surface area (Å²) in [5.41, 5.74) is -1.73. The van der Waals surface area contributed by atoms with E-state index in [1.165, 1.54) is 10.6 Å². The lowest BCUT2D eigenvalue weighted by molar-refractivity contribution is -0.137. The summed E-state index contributed by atoms with van der Waals surface area (Å²) < 4.78 is 41.6. The maximum Gasteiger partial charge on any atom is 0.417 e. The number of nitriles is 1. The zero-order valence-corrected chi connectivity index (χ0v) is 15.6. The summed E-state index contributed by atoms with van der Waals surface area (Å²) >= 11 is 1.56. The molecule has 3 nitrogen and oxygen atoms in total. The molecule has 1 aromatic heterocycles. The van der Waals surface area contributed by atoms with Gasteiger partial charge in [0, 0.05) is 4.90 Å². The maximum atomic E-state index is 13.5. The van der Waals surface area contributed by atoms with Crippen LogP contribution in [0.25, 0.3) is 11.3 Å². The SMILES string of the molecule is CSc1ccc(Cn2c(-c3ccccc3)cc(C(F)(F)F)c(C#N)c2=O)cc1. The average molecular weight is 400 g/mol. The van der Waals surface area contributed by atoms with E-state index in [4.69, 9.17) is 0 Å². The minimum Gasteiger partial charge on any atom is -0.303 e. The molecule has 1 heterocycles. The van der Waals surface area contributed by atoms with E-state index in [-0.39, 0.29) is 12.2 Å². The molecule has 142 valence electrons. The van der Waals surface area contributed by atoms with Gasteiger partial charge in [-0.25, -0.2) is 0 Å². The van der Waals surface area contributed by atoms with E-state index in [9.17, 15) is 23.2 Å². The summed E-state index contributed by atoms with van der Waals surface area (Å²) in [6.45, 7) is 0.0601. The van der Waals surface area contributed by atoms with Crippen LogP contribution in [0, 0.1) is 11.3 Å². The van der Waals surface area contributed by atoms with Crippen LogP contribution < -0.4 is 5.56 Å². The van der Waals surface area contributed by atoms with Crippen LogP contribution >= 0.6 is 11.8 Å². The fourth-order valence-electron chi connectivity index (χ4n) is 2.90. The number of hydrogen-bond donors (Lipinski definition) is 0. The van der Waals surface area contributed by atoms with Crippen LogP contribution in [0.2, 0.25) is 0 Å². The lowest BCUT2D eigenvalue weighted by Crippen LogP contribution is -2.28. The Morgan fingerprint density at radius 2 is 1.71 bits per heavy atom. The highest BCUT2D eigenvalue weighted by Gasteiger charge is 2.36. The smallest absolute Gasteiger partial charge is 0.303 e. The molecule has 3 rings (SSSR count). The standard InChI is InChI=1S/C21H15F3N2OS/c1-28-16-9-7-14(8-10-16)13-26-19(15-5-3-2-4-6-15)11-18(21(22,23)24)17(12-25)20(26)27/h2-11H,13H2,1H3. The van der Waals surface area contributed by atoms with E-state index in [2.05, 4.69) is 0 Å². The van der Waals surface area contributed by atoms with Crippen molar-refractivity contribution in [2.24, 2.45) is 0 Å². The summed E-state index contributed by atoms with van der Waals surface area (Å²) in [6.07, 6.45) is -2.87. The zero-order chi connectivity index (χ0) is 20.3. The van der Waals surface area contributed by atoms with Gasteiger partial charge in [0.25, 0.3) is 5.56 Å². The van der Waals surface area contributed by atoms with Crippen LogP contribution in [0.15, 0.2) is 70.4 Å². The normalized spacial score (nSPS) is 11.2. The first-order valence-electron chi connectivity index (χ1n) is 8.28. The molecule has 0 aliphatic carbocycles. The van der Waals surface area contributed by atoms with Gasteiger partial charge in [0.05, 0.1) is 17.8 Å². The van der Waals surface area contributed by atoms with E-state index in [1.54, 1.807) is 42.1 Å². The molecular formula is C21H15F3N2OS. The summed E-state index contributed by atoms with van der Waals surface area (Å²) in [4.78, 5) is 13.9. The summed E-state index contributed by atoms with van der Waals surface area (Å²) in [5, 5.41) is 9.22. The molecule has 3 aromatic rings.